The van der Waals surface area contributed by atoms with E-state index in [1.165, 1.54) is 12.3 Å². The zero-order valence-corrected chi connectivity index (χ0v) is 13.3. The van der Waals surface area contributed by atoms with Gasteiger partial charge in [-0.25, -0.2) is 0 Å². The lowest BCUT2D eigenvalue weighted by molar-refractivity contribution is 0.0914. The molecular formula is C15H9Cl3N2O2. The van der Waals surface area contributed by atoms with E-state index in [2.05, 4.69) is 5.10 Å². The summed E-state index contributed by atoms with van der Waals surface area (Å²) in [6, 6.07) is 14.0. The van der Waals surface area contributed by atoms with Gasteiger partial charge in [-0.15, -0.1) is 0 Å². The van der Waals surface area contributed by atoms with Crippen LogP contribution < -0.4 is 0 Å². The molecule has 0 aliphatic carbocycles. The molecule has 2 heterocycles. The molecule has 7 heteroatoms. The van der Waals surface area contributed by atoms with Gasteiger partial charge in [-0.05, 0) is 18.2 Å². The lowest BCUT2D eigenvalue weighted by Crippen LogP contribution is -2.20. The number of carbonyl (C=O) groups is 1. The molecule has 0 spiro atoms. The van der Waals surface area contributed by atoms with Crippen LogP contribution in [-0.4, -0.2) is 15.7 Å². The Hall–Kier alpha value is -1.75. The number of hydrogen-bond acceptors (Lipinski definition) is 3. The summed E-state index contributed by atoms with van der Waals surface area (Å²) in [5.74, 6) is -0.397. The predicted molar refractivity (Wildman–Crippen MR) is 85.3 cm³/mol. The molecule has 0 unspecified atom stereocenters. The smallest absolute Gasteiger partial charge is 0.314 e. The van der Waals surface area contributed by atoms with Crippen molar-refractivity contribution in [1.29, 1.82) is 0 Å². The minimum atomic E-state index is -1.79. The molecule has 0 bridgehead atoms. The molecule has 0 atom stereocenters. The summed E-state index contributed by atoms with van der Waals surface area (Å²) < 4.78 is 4.35. The Morgan fingerprint density at radius 3 is 2.41 bits per heavy atom. The molecule has 3 rings (SSSR count). The number of aromatic nitrogens is 2. The first-order valence-corrected chi connectivity index (χ1v) is 7.41. The SMILES string of the molecule is O=C(c1ccco1)n1nc(-c2ccccc2)cc1C(Cl)(Cl)Cl. The number of carbonyl (C=O) groups excluding carboxylic acids is 1. The van der Waals surface area contributed by atoms with Gasteiger partial charge in [0.15, 0.2) is 5.76 Å². The highest BCUT2D eigenvalue weighted by molar-refractivity contribution is 6.66. The van der Waals surface area contributed by atoms with E-state index < -0.39 is 9.70 Å². The lowest BCUT2D eigenvalue weighted by atomic mass is 10.1. The highest BCUT2D eigenvalue weighted by Crippen LogP contribution is 2.39. The molecule has 4 nitrogen and oxygen atoms in total. The van der Waals surface area contributed by atoms with E-state index in [1.54, 1.807) is 12.1 Å². The first-order chi connectivity index (χ1) is 10.5. The largest absolute Gasteiger partial charge is 0.459 e. The van der Waals surface area contributed by atoms with Crippen LogP contribution >= 0.6 is 34.8 Å². The summed E-state index contributed by atoms with van der Waals surface area (Å²) in [6.45, 7) is 0. The minimum Gasteiger partial charge on any atom is -0.459 e. The maximum Gasteiger partial charge on any atom is 0.314 e. The maximum atomic E-state index is 12.5. The van der Waals surface area contributed by atoms with Gasteiger partial charge in [0.2, 0.25) is 3.79 Å². The molecule has 0 saturated heterocycles. The molecule has 0 aliphatic rings. The summed E-state index contributed by atoms with van der Waals surface area (Å²) in [6.07, 6.45) is 1.39. The van der Waals surface area contributed by atoms with E-state index in [0.717, 1.165) is 10.2 Å². The van der Waals surface area contributed by atoms with Crippen LogP contribution in [0.25, 0.3) is 11.3 Å². The van der Waals surface area contributed by atoms with E-state index in [0.29, 0.717) is 5.69 Å². The number of alkyl halides is 3. The number of halogens is 3. The third-order valence-electron chi connectivity index (χ3n) is 2.99. The van der Waals surface area contributed by atoms with Crippen molar-refractivity contribution in [3.8, 4) is 11.3 Å². The van der Waals surface area contributed by atoms with Crippen LogP contribution in [0.2, 0.25) is 0 Å². The summed E-state index contributed by atoms with van der Waals surface area (Å²) in [4.78, 5) is 12.5. The second-order valence-electron chi connectivity index (χ2n) is 4.47. The Labute approximate surface area is 141 Å². The average Bonchev–Trinajstić information content (AvgIpc) is 3.16. The number of furan rings is 1. The van der Waals surface area contributed by atoms with Crippen LogP contribution in [0.3, 0.4) is 0 Å². The Balaban J connectivity index is 2.12. The summed E-state index contributed by atoms with van der Waals surface area (Å²) in [5.41, 5.74) is 1.49. The molecule has 1 aromatic carbocycles. The molecular weight excluding hydrogens is 347 g/mol. The first kappa shape index (κ1) is 15.2. The van der Waals surface area contributed by atoms with Crippen molar-refractivity contribution in [3.05, 3.63) is 66.2 Å². The molecule has 112 valence electrons. The van der Waals surface area contributed by atoms with Crippen molar-refractivity contribution >= 4 is 40.7 Å². The number of nitrogens with zero attached hydrogens (tertiary/aromatic N) is 2. The van der Waals surface area contributed by atoms with Gasteiger partial charge < -0.3 is 4.42 Å². The van der Waals surface area contributed by atoms with Crippen LogP contribution in [0.15, 0.2) is 59.2 Å². The quantitative estimate of drug-likeness (QED) is 0.628. The monoisotopic (exact) mass is 354 g/mol. The van der Waals surface area contributed by atoms with E-state index in [9.17, 15) is 4.79 Å². The summed E-state index contributed by atoms with van der Waals surface area (Å²) in [5, 5.41) is 4.26. The van der Waals surface area contributed by atoms with Gasteiger partial charge in [-0.1, -0.05) is 65.1 Å². The molecule has 0 aliphatic heterocycles. The van der Waals surface area contributed by atoms with Crippen molar-refractivity contribution in [1.82, 2.24) is 9.78 Å². The molecule has 22 heavy (non-hydrogen) atoms. The number of benzene rings is 1. The van der Waals surface area contributed by atoms with Crippen LogP contribution in [-0.2, 0) is 3.79 Å². The van der Waals surface area contributed by atoms with Gasteiger partial charge in [-0.3, -0.25) is 4.79 Å². The molecule has 0 saturated carbocycles. The summed E-state index contributed by atoms with van der Waals surface area (Å²) in [7, 11) is 0. The van der Waals surface area contributed by atoms with Gasteiger partial charge in [-0.2, -0.15) is 9.78 Å². The van der Waals surface area contributed by atoms with E-state index in [1.807, 2.05) is 30.3 Å². The van der Waals surface area contributed by atoms with Crippen molar-refractivity contribution < 1.29 is 9.21 Å². The molecule has 0 amide bonds. The Bertz CT molecular complexity index is 790. The number of hydrogen-bond donors (Lipinski definition) is 0. The molecule has 2 aromatic heterocycles. The van der Waals surface area contributed by atoms with Gasteiger partial charge in [0.1, 0.15) is 0 Å². The molecule has 3 aromatic rings. The standard InChI is InChI=1S/C15H9Cl3N2O2/c16-15(17,18)13-9-11(10-5-2-1-3-6-10)19-20(13)14(21)12-7-4-8-22-12/h1-9H. The normalized spacial score (nSPS) is 11.6. The first-order valence-electron chi connectivity index (χ1n) is 6.28. The highest BCUT2D eigenvalue weighted by atomic mass is 35.6. The van der Waals surface area contributed by atoms with E-state index >= 15 is 0 Å². The fraction of sp³-hybridized carbons (Fsp3) is 0.0667. The van der Waals surface area contributed by atoms with Gasteiger partial charge in [0.05, 0.1) is 17.7 Å². The topological polar surface area (TPSA) is 48.0 Å². The van der Waals surface area contributed by atoms with Crippen molar-refractivity contribution in [2.75, 3.05) is 0 Å². The van der Waals surface area contributed by atoms with Crippen LogP contribution in [0.5, 0.6) is 0 Å². The third kappa shape index (κ3) is 2.90. The third-order valence-corrected chi connectivity index (χ3v) is 3.57. The van der Waals surface area contributed by atoms with Crippen LogP contribution in [0.1, 0.15) is 16.2 Å². The zero-order valence-electron chi connectivity index (χ0n) is 11.0. The van der Waals surface area contributed by atoms with Crippen molar-refractivity contribution in [2.45, 2.75) is 3.79 Å². The second-order valence-corrected chi connectivity index (χ2v) is 6.75. The van der Waals surface area contributed by atoms with Crippen LogP contribution in [0.4, 0.5) is 0 Å². The van der Waals surface area contributed by atoms with Gasteiger partial charge in [0, 0.05) is 5.56 Å². The molecule has 0 fully saturated rings. The minimum absolute atomic E-state index is 0.109. The van der Waals surface area contributed by atoms with Gasteiger partial charge in [0.25, 0.3) is 0 Å². The highest BCUT2D eigenvalue weighted by Gasteiger charge is 2.32. The Morgan fingerprint density at radius 2 is 1.82 bits per heavy atom. The fourth-order valence-corrected chi connectivity index (χ4v) is 2.40. The maximum absolute atomic E-state index is 12.5. The van der Waals surface area contributed by atoms with E-state index in [4.69, 9.17) is 39.2 Å². The zero-order chi connectivity index (χ0) is 15.7. The second kappa shape index (κ2) is 5.80. The molecule has 0 radical (unpaired) electrons. The predicted octanol–water partition coefficient (Wildman–Crippen LogP) is 4.66. The average molecular weight is 356 g/mol. The Morgan fingerprint density at radius 1 is 1.09 bits per heavy atom. The Kier molecular flexibility index (Phi) is 4.00. The summed E-state index contributed by atoms with van der Waals surface area (Å²) >= 11 is 17.9. The lowest BCUT2D eigenvalue weighted by Gasteiger charge is -2.11. The number of rotatable bonds is 2. The molecule has 0 N–H and O–H groups in total. The van der Waals surface area contributed by atoms with Crippen molar-refractivity contribution in [3.63, 3.8) is 0 Å². The van der Waals surface area contributed by atoms with Gasteiger partial charge >= 0.3 is 5.91 Å². The van der Waals surface area contributed by atoms with Crippen molar-refractivity contribution in [2.24, 2.45) is 0 Å². The fourth-order valence-electron chi connectivity index (χ4n) is 1.99. The van der Waals surface area contributed by atoms with Crippen LogP contribution in [0, 0.1) is 0 Å². The van der Waals surface area contributed by atoms with E-state index in [-0.39, 0.29) is 11.5 Å².